The van der Waals surface area contributed by atoms with Crippen LogP contribution in [0.15, 0.2) is 30.3 Å². The maximum atomic E-state index is 14.4. The van der Waals surface area contributed by atoms with Gasteiger partial charge < -0.3 is 5.32 Å². The number of fused-ring (bicyclic) bond motifs is 5. The molecule has 1 aromatic rings. The van der Waals surface area contributed by atoms with Crippen molar-refractivity contribution in [3.05, 3.63) is 41.7 Å². The van der Waals surface area contributed by atoms with E-state index in [1.807, 2.05) is 6.07 Å². The van der Waals surface area contributed by atoms with Crippen molar-refractivity contribution in [1.29, 1.82) is 0 Å². The van der Waals surface area contributed by atoms with Crippen LogP contribution in [0, 0.1) is 34.4 Å². The van der Waals surface area contributed by atoms with Gasteiger partial charge in [-0.3, -0.25) is 4.79 Å². The van der Waals surface area contributed by atoms with Gasteiger partial charge in [0.25, 0.3) is 5.91 Å². The largest absolute Gasteiger partial charge is 0.348 e. The first-order valence-electron chi connectivity index (χ1n) is 10.7. The Morgan fingerprint density at radius 2 is 1.85 bits per heavy atom. The zero-order chi connectivity index (χ0) is 18.8. The molecule has 0 spiro atoms. The Hall–Kier alpha value is -1.64. The molecule has 0 radical (unpaired) electrons. The first kappa shape index (κ1) is 17.5. The summed E-state index contributed by atoms with van der Waals surface area (Å²) in [5.74, 6) is 1.76. The molecule has 1 N–H and O–H groups in total. The van der Waals surface area contributed by atoms with E-state index < -0.39 is 0 Å². The van der Waals surface area contributed by atoms with Crippen LogP contribution in [-0.4, -0.2) is 11.9 Å². The summed E-state index contributed by atoms with van der Waals surface area (Å²) in [5, 5.41) is 3.26. The number of amides is 1. The van der Waals surface area contributed by atoms with Gasteiger partial charge in [-0.2, -0.15) is 0 Å². The molecule has 3 saturated carbocycles. The van der Waals surface area contributed by atoms with E-state index in [2.05, 4.69) is 25.2 Å². The van der Waals surface area contributed by atoms with Crippen LogP contribution in [0.25, 0.3) is 5.57 Å². The fourth-order valence-electron chi connectivity index (χ4n) is 7.31. The second-order valence-corrected chi connectivity index (χ2v) is 9.97. The van der Waals surface area contributed by atoms with E-state index in [4.69, 9.17) is 0 Å². The molecule has 2 nitrogen and oxygen atoms in total. The quantitative estimate of drug-likeness (QED) is 0.713. The highest BCUT2D eigenvalue weighted by Crippen LogP contribution is 2.63. The minimum atomic E-state index is -0.305. The number of hydrogen-bond donors (Lipinski definition) is 1. The fraction of sp³-hybridized carbons (Fsp3) is 0.625. The highest BCUT2D eigenvalue weighted by molar-refractivity contribution is 6.20. The number of benzene rings is 1. The summed E-state index contributed by atoms with van der Waals surface area (Å²) >= 11 is 0. The van der Waals surface area contributed by atoms with E-state index in [-0.39, 0.29) is 23.2 Å². The highest BCUT2D eigenvalue weighted by atomic mass is 19.1. The molecule has 3 fully saturated rings. The molecule has 1 amide bonds. The molecule has 1 aliphatic heterocycles. The van der Waals surface area contributed by atoms with Crippen molar-refractivity contribution in [1.82, 2.24) is 5.32 Å². The minimum Gasteiger partial charge on any atom is -0.348 e. The van der Waals surface area contributed by atoms with Crippen LogP contribution in [-0.2, 0) is 4.79 Å². The SMILES string of the molecule is C[C@@]12CCC[C@H]1[C@@H]1CC[C@H]3NC(=O)C(c4ccccc4F)=C[C@]3(C)[C@H]1CC2. The Morgan fingerprint density at radius 3 is 2.67 bits per heavy atom. The van der Waals surface area contributed by atoms with Gasteiger partial charge in [-0.1, -0.05) is 44.5 Å². The molecule has 3 aliphatic carbocycles. The second kappa shape index (κ2) is 5.93. The third kappa shape index (κ3) is 2.46. The predicted molar refractivity (Wildman–Crippen MR) is 105 cm³/mol. The van der Waals surface area contributed by atoms with Crippen LogP contribution in [0.3, 0.4) is 0 Å². The Morgan fingerprint density at radius 1 is 1.04 bits per heavy atom. The number of carbonyl (C=O) groups excluding carboxylic acids is 1. The molecule has 4 aliphatic rings. The molecule has 0 bridgehead atoms. The van der Waals surface area contributed by atoms with Crippen molar-refractivity contribution in [3.8, 4) is 0 Å². The van der Waals surface area contributed by atoms with Gasteiger partial charge in [-0.05, 0) is 67.8 Å². The zero-order valence-electron chi connectivity index (χ0n) is 16.4. The maximum absolute atomic E-state index is 14.4. The summed E-state index contributed by atoms with van der Waals surface area (Å²) in [6.07, 6.45) is 11.1. The van der Waals surface area contributed by atoms with Crippen molar-refractivity contribution in [2.75, 3.05) is 0 Å². The predicted octanol–water partition coefficient (Wildman–Crippen LogP) is 5.34. The van der Waals surface area contributed by atoms with Crippen molar-refractivity contribution < 1.29 is 9.18 Å². The van der Waals surface area contributed by atoms with Gasteiger partial charge in [0.1, 0.15) is 5.82 Å². The molecule has 3 heteroatoms. The van der Waals surface area contributed by atoms with E-state index in [1.54, 1.807) is 12.1 Å². The molecule has 144 valence electrons. The molecular weight excluding hydrogens is 337 g/mol. The fourth-order valence-corrected chi connectivity index (χ4v) is 7.31. The number of hydrogen-bond acceptors (Lipinski definition) is 1. The third-order valence-corrected chi connectivity index (χ3v) is 8.73. The number of rotatable bonds is 1. The first-order valence-corrected chi connectivity index (χ1v) is 10.7. The van der Waals surface area contributed by atoms with Crippen LogP contribution in [0.5, 0.6) is 0 Å². The Bertz CT molecular complexity index is 816. The average molecular weight is 368 g/mol. The van der Waals surface area contributed by atoms with Crippen molar-refractivity contribution in [3.63, 3.8) is 0 Å². The van der Waals surface area contributed by atoms with Gasteiger partial charge in [0, 0.05) is 22.6 Å². The van der Waals surface area contributed by atoms with Crippen LogP contribution in [0.4, 0.5) is 4.39 Å². The normalized spacial score (nSPS) is 43.2. The van der Waals surface area contributed by atoms with Crippen LogP contribution < -0.4 is 5.32 Å². The van der Waals surface area contributed by atoms with E-state index in [0.29, 0.717) is 22.5 Å². The topological polar surface area (TPSA) is 29.1 Å². The third-order valence-electron chi connectivity index (χ3n) is 8.73. The van der Waals surface area contributed by atoms with Gasteiger partial charge in [-0.25, -0.2) is 4.39 Å². The van der Waals surface area contributed by atoms with Crippen molar-refractivity contribution in [2.45, 2.75) is 64.8 Å². The summed E-state index contributed by atoms with van der Waals surface area (Å²) < 4.78 is 14.4. The summed E-state index contributed by atoms with van der Waals surface area (Å²) in [6.45, 7) is 4.84. The Kier molecular flexibility index (Phi) is 3.83. The summed E-state index contributed by atoms with van der Waals surface area (Å²) in [4.78, 5) is 12.8. The summed E-state index contributed by atoms with van der Waals surface area (Å²) in [6, 6.07) is 6.87. The second-order valence-electron chi connectivity index (χ2n) is 9.97. The van der Waals surface area contributed by atoms with E-state index >= 15 is 0 Å². The standard InChI is InChI=1S/C24H30FNO/c1-23-12-5-7-18(23)16-9-10-21-24(2,19(16)11-13-23)14-17(22(27)26-21)15-6-3-4-8-20(15)25/h3-4,6,8,14,16,18-19,21H,5,7,9-13H2,1-2H3,(H,26,27)/t16-,18-,19-,21+,23-,24+/m0/s1. The van der Waals surface area contributed by atoms with Crippen molar-refractivity contribution >= 4 is 11.5 Å². The van der Waals surface area contributed by atoms with Crippen molar-refractivity contribution in [2.24, 2.45) is 28.6 Å². The smallest absolute Gasteiger partial charge is 0.251 e. The minimum absolute atomic E-state index is 0.0711. The van der Waals surface area contributed by atoms with E-state index in [1.165, 1.54) is 44.6 Å². The van der Waals surface area contributed by atoms with Crippen LogP contribution in [0.1, 0.15) is 64.4 Å². The van der Waals surface area contributed by atoms with Gasteiger partial charge in [0.05, 0.1) is 0 Å². The molecule has 0 unspecified atom stereocenters. The Labute approximate surface area is 161 Å². The molecular formula is C24H30FNO. The molecule has 0 aromatic heterocycles. The zero-order valence-corrected chi connectivity index (χ0v) is 16.4. The summed E-state index contributed by atoms with van der Waals surface area (Å²) in [7, 11) is 0. The number of nitrogens with one attached hydrogen (secondary N) is 1. The lowest BCUT2D eigenvalue weighted by atomic mass is 9.48. The van der Waals surface area contributed by atoms with Crippen LogP contribution >= 0.6 is 0 Å². The lowest BCUT2D eigenvalue weighted by Gasteiger charge is -2.58. The van der Waals surface area contributed by atoms with E-state index in [9.17, 15) is 9.18 Å². The lowest BCUT2D eigenvalue weighted by Crippen LogP contribution is -2.59. The molecule has 0 saturated heterocycles. The summed E-state index contributed by atoms with van der Waals surface area (Å²) in [5.41, 5.74) is 1.43. The first-order chi connectivity index (χ1) is 12.9. The lowest BCUT2D eigenvalue weighted by molar-refractivity contribution is -0.120. The molecule has 27 heavy (non-hydrogen) atoms. The van der Waals surface area contributed by atoms with Gasteiger partial charge >= 0.3 is 0 Å². The molecule has 1 heterocycles. The number of carbonyl (C=O) groups is 1. The van der Waals surface area contributed by atoms with E-state index in [0.717, 1.165) is 18.3 Å². The molecule has 6 atom stereocenters. The van der Waals surface area contributed by atoms with Gasteiger partial charge in [0.15, 0.2) is 0 Å². The van der Waals surface area contributed by atoms with Gasteiger partial charge in [0.2, 0.25) is 0 Å². The average Bonchev–Trinajstić information content (AvgIpc) is 3.04. The highest BCUT2D eigenvalue weighted by Gasteiger charge is 2.57. The maximum Gasteiger partial charge on any atom is 0.251 e. The molecule has 1 aromatic carbocycles. The monoisotopic (exact) mass is 367 g/mol. The number of halogens is 1. The van der Waals surface area contributed by atoms with Crippen LogP contribution in [0.2, 0.25) is 0 Å². The molecule has 5 rings (SSSR count). The Balaban J connectivity index is 1.57. The van der Waals surface area contributed by atoms with Gasteiger partial charge in [-0.15, -0.1) is 0 Å².